The van der Waals surface area contributed by atoms with Gasteiger partial charge in [0.2, 0.25) is 27.6 Å². The van der Waals surface area contributed by atoms with Gasteiger partial charge in [-0.1, -0.05) is 115 Å². The van der Waals surface area contributed by atoms with Gasteiger partial charge in [-0.2, -0.15) is 0 Å². The summed E-state index contributed by atoms with van der Waals surface area (Å²) in [6.07, 6.45) is 2.14. The summed E-state index contributed by atoms with van der Waals surface area (Å²) in [7, 11) is -4.01. The highest BCUT2D eigenvalue weighted by Crippen LogP contribution is 2.21. The number of ketones is 1. The molecule has 12 nitrogen and oxygen atoms in total. The Hall–Kier alpha value is -5.70. The third-order valence-electron chi connectivity index (χ3n) is 8.45. The summed E-state index contributed by atoms with van der Waals surface area (Å²) < 4.78 is 29.5. The highest BCUT2D eigenvalue weighted by atomic mass is 32.2. The van der Waals surface area contributed by atoms with Crippen molar-refractivity contribution in [3.8, 4) is 11.1 Å². The number of thiazole rings is 1. The number of sulfonamides is 1. The molecule has 1 heterocycles. The maximum Gasteiger partial charge on any atom is 0.243 e. The zero-order chi connectivity index (χ0) is 38.3. The van der Waals surface area contributed by atoms with Crippen molar-refractivity contribution in [2.24, 2.45) is 16.5 Å². The maximum atomic E-state index is 14.3. The molecule has 4 aromatic carbocycles. The topological polar surface area (TPSA) is 199 Å². The summed E-state index contributed by atoms with van der Waals surface area (Å²) in [5, 5.41) is 7.57. The molecule has 3 unspecified atom stereocenters. The van der Waals surface area contributed by atoms with Crippen LogP contribution in [-0.4, -0.2) is 61.6 Å². The average Bonchev–Trinajstić information content (AvgIpc) is 3.71. The van der Waals surface area contributed by atoms with Gasteiger partial charge in [0.05, 0.1) is 11.8 Å². The van der Waals surface area contributed by atoms with E-state index in [1.807, 2.05) is 60.7 Å². The zero-order valence-electron chi connectivity index (χ0n) is 29.5. The van der Waals surface area contributed by atoms with Crippen molar-refractivity contribution in [2.45, 2.75) is 49.6 Å². The summed E-state index contributed by atoms with van der Waals surface area (Å²) in [5.41, 5.74) is 14.8. The quantitative estimate of drug-likeness (QED) is 0.0360. The van der Waals surface area contributed by atoms with Crippen LogP contribution in [0.2, 0.25) is 0 Å². The van der Waals surface area contributed by atoms with Crippen LogP contribution in [0.15, 0.2) is 132 Å². The molecular formula is C40H43N7O5S2. The van der Waals surface area contributed by atoms with Crippen molar-refractivity contribution in [1.82, 2.24) is 20.3 Å². The number of nitrogens with two attached hydrogens (primary N) is 2. The molecule has 7 N–H and O–H groups in total. The minimum Gasteiger partial charge on any atom is -0.370 e. The highest BCUT2D eigenvalue weighted by molar-refractivity contribution is 7.88. The largest absolute Gasteiger partial charge is 0.370 e. The minimum atomic E-state index is -4.01. The summed E-state index contributed by atoms with van der Waals surface area (Å²) >= 11 is 1.15. The van der Waals surface area contributed by atoms with Crippen molar-refractivity contribution in [3.05, 3.63) is 149 Å². The van der Waals surface area contributed by atoms with Crippen molar-refractivity contribution in [1.29, 1.82) is 0 Å². The number of benzene rings is 4. The van der Waals surface area contributed by atoms with E-state index >= 15 is 0 Å². The van der Waals surface area contributed by atoms with Gasteiger partial charge in [-0.3, -0.25) is 19.4 Å². The Bertz CT molecular complexity index is 2110. The van der Waals surface area contributed by atoms with Crippen LogP contribution in [0.4, 0.5) is 0 Å². The van der Waals surface area contributed by atoms with Crippen LogP contribution >= 0.6 is 11.3 Å². The van der Waals surface area contributed by atoms with E-state index in [-0.39, 0.29) is 42.5 Å². The Morgan fingerprint density at radius 3 is 1.93 bits per heavy atom. The Balaban J connectivity index is 1.44. The molecule has 0 saturated carbocycles. The molecule has 0 saturated heterocycles. The summed E-state index contributed by atoms with van der Waals surface area (Å²) in [6, 6.07) is 31.5. The molecule has 1 aromatic heterocycles. The van der Waals surface area contributed by atoms with E-state index in [1.54, 1.807) is 60.0 Å². The van der Waals surface area contributed by atoms with Crippen LogP contribution in [-0.2, 0) is 38.2 Å². The van der Waals surface area contributed by atoms with Gasteiger partial charge in [0, 0.05) is 24.5 Å². The van der Waals surface area contributed by atoms with Crippen LogP contribution < -0.4 is 26.8 Å². The molecule has 0 radical (unpaired) electrons. The first-order valence-electron chi connectivity index (χ1n) is 17.4. The van der Waals surface area contributed by atoms with Gasteiger partial charge in [0.25, 0.3) is 0 Å². The van der Waals surface area contributed by atoms with E-state index < -0.39 is 45.7 Å². The molecule has 0 aliphatic rings. The SMILES string of the molecule is NC(N)=NCCCC(NC(=O)C(Cc1cccc(-c2ccccc2)c1)NC(=O)C(Cc1ccccc1)NS(=O)(=O)Cc1ccccc1)C(=O)c1nccs1. The van der Waals surface area contributed by atoms with Gasteiger partial charge >= 0.3 is 0 Å². The van der Waals surface area contributed by atoms with E-state index in [4.69, 9.17) is 11.5 Å². The van der Waals surface area contributed by atoms with Crippen LogP contribution in [0, 0.1) is 0 Å². The number of hydrogen-bond acceptors (Lipinski definition) is 8. The predicted octanol–water partition coefficient (Wildman–Crippen LogP) is 3.99. The lowest BCUT2D eigenvalue weighted by molar-refractivity contribution is -0.130. The van der Waals surface area contributed by atoms with Gasteiger partial charge in [-0.25, -0.2) is 18.1 Å². The van der Waals surface area contributed by atoms with Crippen LogP contribution in [0.5, 0.6) is 0 Å². The molecule has 5 rings (SSSR count). The fourth-order valence-corrected chi connectivity index (χ4v) is 7.82. The van der Waals surface area contributed by atoms with E-state index in [0.29, 0.717) is 17.5 Å². The second kappa shape index (κ2) is 19.4. The second-order valence-electron chi connectivity index (χ2n) is 12.6. The molecular weight excluding hydrogens is 723 g/mol. The molecule has 0 aliphatic carbocycles. The number of aliphatic imine (C=N–C) groups is 1. The Kier molecular flexibility index (Phi) is 14.2. The Morgan fingerprint density at radius 1 is 0.704 bits per heavy atom. The molecule has 3 atom stereocenters. The Labute approximate surface area is 319 Å². The average molecular weight is 766 g/mol. The van der Waals surface area contributed by atoms with Gasteiger partial charge in [0.1, 0.15) is 12.1 Å². The third kappa shape index (κ3) is 12.2. The van der Waals surface area contributed by atoms with Crippen molar-refractivity contribution in [2.75, 3.05) is 6.54 Å². The normalized spacial score (nSPS) is 12.9. The first kappa shape index (κ1) is 39.5. The van der Waals surface area contributed by atoms with Crippen LogP contribution in [0.25, 0.3) is 11.1 Å². The number of Topliss-reactive ketones (excluding diaryl/α,β-unsaturated/α-hetero) is 1. The monoisotopic (exact) mass is 765 g/mol. The number of rotatable bonds is 19. The predicted molar refractivity (Wildman–Crippen MR) is 212 cm³/mol. The van der Waals surface area contributed by atoms with Gasteiger partial charge in [0.15, 0.2) is 11.0 Å². The molecule has 14 heteroatoms. The fourth-order valence-electron chi connectivity index (χ4n) is 5.85. The van der Waals surface area contributed by atoms with Crippen LogP contribution in [0.1, 0.15) is 39.3 Å². The van der Waals surface area contributed by atoms with E-state index in [2.05, 4.69) is 25.3 Å². The lowest BCUT2D eigenvalue weighted by Gasteiger charge is -2.25. The van der Waals surface area contributed by atoms with E-state index in [0.717, 1.165) is 28.0 Å². The standard InChI is InChI=1S/C40H43N7O5S2/c41-40(42)44-21-11-20-33(36(48)39-43-22-23-53-39)45-37(49)34(26-30-16-10-19-32(24-30)31-17-8-3-9-18-31)46-38(50)35(25-28-12-4-1-5-13-28)47-54(51,52)27-29-14-6-2-7-15-29/h1-10,12-19,22-24,33-35,47H,11,20-21,25-27H2,(H,45,49)(H,46,50)(H4,41,42,44). The number of nitrogens with one attached hydrogen (secondary N) is 3. The summed E-state index contributed by atoms with van der Waals surface area (Å²) in [5.74, 6) is -2.16. The molecule has 280 valence electrons. The lowest BCUT2D eigenvalue weighted by Crippen LogP contribution is -2.57. The minimum absolute atomic E-state index is 0.0223. The molecule has 0 aliphatic heterocycles. The zero-order valence-corrected chi connectivity index (χ0v) is 31.1. The first-order valence-corrected chi connectivity index (χ1v) is 19.9. The Morgan fingerprint density at radius 2 is 1.28 bits per heavy atom. The van der Waals surface area contributed by atoms with E-state index in [1.165, 1.54) is 6.20 Å². The number of amides is 2. The highest BCUT2D eigenvalue weighted by Gasteiger charge is 2.32. The third-order valence-corrected chi connectivity index (χ3v) is 10.6. The molecule has 2 amide bonds. The van der Waals surface area contributed by atoms with Gasteiger partial charge in [-0.15, -0.1) is 11.3 Å². The van der Waals surface area contributed by atoms with Gasteiger partial charge in [-0.05, 0) is 47.1 Å². The second-order valence-corrected chi connectivity index (χ2v) is 15.3. The van der Waals surface area contributed by atoms with Gasteiger partial charge < -0.3 is 22.1 Å². The first-order chi connectivity index (χ1) is 26.1. The number of carbonyl (C=O) groups excluding carboxylic acids is 3. The van der Waals surface area contributed by atoms with Crippen molar-refractivity contribution in [3.63, 3.8) is 0 Å². The summed E-state index contributed by atoms with van der Waals surface area (Å²) in [6.45, 7) is 0.233. The molecule has 0 spiro atoms. The smallest absolute Gasteiger partial charge is 0.243 e. The van der Waals surface area contributed by atoms with Crippen molar-refractivity contribution >= 4 is 44.9 Å². The lowest BCUT2D eigenvalue weighted by atomic mass is 9.98. The van der Waals surface area contributed by atoms with Crippen molar-refractivity contribution < 1.29 is 22.8 Å². The van der Waals surface area contributed by atoms with E-state index in [9.17, 15) is 22.8 Å². The maximum absolute atomic E-state index is 14.3. The fraction of sp³-hybridized carbons (Fsp3) is 0.225. The molecule has 5 aromatic rings. The number of carbonyl (C=O) groups is 3. The molecule has 0 bridgehead atoms. The number of nitrogens with zero attached hydrogens (tertiary/aromatic N) is 2. The molecule has 0 fully saturated rings. The summed E-state index contributed by atoms with van der Waals surface area (Å²) in [4.78, 5) is 50.2. The number of aromatic nitrogens is 1. The number of hydrogen-bond donors (Lipinski definition) is 5. The van der Waals surface area contributed by atoms with Crippen LogP contribution in [0.3, 0.4) is 0 Å². The molecule has 54 heavy (non-hydrogen) atoms. The number of guanidine groups is 1.